The van der Waals surface area contributed by atoms with Gasteiger partial charge in [-0.2, -0.15) is 0 Å². The monoisotopic (exact) mass is 226 g/mol. The van der Waals surface area contributed by atoms with Crippen molar-refractivity contribution in [3.63, 3.8) is 0 Å². The number of carbonyl (C=O) groups excluding carboxylic acids is 1. The van der Waals surface area contributed by atoms with Crippen molar-refractivity contribution in [1.29, 1.82) is 0 Å². The van der Waals surface area contributed by atoms with Crippen LogP contribution in [-0.2, 0) is 4.79 Å². The zero-order valence-electron chi connectivity index (χ0n) is 11.8. The molecule has 0 unspecified atom stereocenters. The van der Waals surface area contributed by atoms with Gasteiger partial charge in [0.05, 0.1) is 0 Å². The van der Waals surface area contributed by atoms with Gasteiger partial charge in [0.15, 0.2) is 0 Å². The van der Waals surface area contributed by atoms with E-state index in [4.69, 9.17) is 0 Å². The number of Topliss-reactive ketones (excluding diaryl/α,β-unsaturated/α-hetero) is 1. The van der Waals surface area contributed by atoms with Crippen LogP contribution in [0.1, 0.15) is 85.5 Å². The molecule has 0 aromatic carbocycles. The fraction of sp³-hybridized carbons (Fsp3) is 0.933. The highest BCUT2D eigenvalue weighted by Crippen LogP contribution is 2.29. The molecular formula is C15H30O. The Hall–Kier alpha value is -0.330. The summed E-state index contributed by atoms with van der Waals surface area (Å²) < 4.78 is 0. The molecule has 0 spiro atoms. The third kappa shape index (κ3) is 8.94. The van der Waals surface area contributed by atoms with E-state index < -0.39 is 0 Å². The van der Waals surface area contributed by atoms with E-state index in [0.717, 1.165) is 25.7 Å². The molecule has 0 aromatic heterocycles. The van der Waals surface area contributed by atoms with Gasteiger partial charge in [-0.3, -0.25) is 4.79 Å². The first kappa shape index (κ1) is 15.7. The molecule has 0 aliphatic heterocycles. The smallest absolute Gasteiger partial charge is 0.133 e. The van der Waals surface area contributed by atoms with E-state index in [9.17, 15) is 4.79 Å². The fourth-order valence-electron chi connectivity index (χ4n) is 2.11. The van der Waals surface area contributed by atoms with E-state index in [1.807, 2.05) is 0 Å². The van der Waals surface area contributed by atoms with Gasteiger partial charge < -0.3 is 0 Å². The number of rotatable bonds is 10. The molecule has 96 valence electrons. The summed E-state index contributed by atoms with van der Waals surface area (Å²) in [6.07, 6.45) is 10.2. The van der Waals surface area contributed by atoms with Gasteiger partial charge in [-0.25, -0.2) is 0 Å². The molecular weight excluding hydrogens is 196 g/mol. The van der Waals surface area contributed by atoms with Crippen molar-refractivity contribution in [3.8, 4) is 0 Å². The van der Waals surface area contributed by atoms with Crippen LogP contribution in [0.25, 0.3) is 0 Å². The highest BCUT2D eigenvalue weighted by Gasteiger charge is 2.20. The van der Waals surface area contributed by atoms with Crippen molar-refractivity contribution in [2.45, 2.75) is 85.5 Å². The Morgan fingerprint density at radius 3 is 2.12 bits per heavy atom. The second-order valence-electron chi connectivity index (χ2n) is 5.79. The third-order valence-electron chi connectivity index (χ3n) is 3.19. The Kier molecular flexibility index (Phi) is 8.60. The predicted octanol–water partition coefficient (Wildman–Crippen LogP) is 5.13. The van der Waals surface area contributed by atoms with Gasteiger partial charge in [0.1, 0.15) is 5.78 Å². The standard InChI is InChI=1S/C15H30O/c1-5-7-9-10-12-15(3,4)13-14(16)11-8-6-2/h5-13H2,1-4H3. The van der Waals surface area contributed by atoms with Crippen molar-refractivity contribution in [1.82, 2.24) is 0 Å². The highest BCUT2D eigenvalue weighted by atomic mass is 16.1. The Morgan fingerprint density at radius 1 is 0.938 bits per heavy atom. The molecule has 0 saturated carbocycles. The zero-order chi connectivity index (χ0) is 12.4. The molecule has 0 aliphatic rings. The molecule has 0 aliphatic carbocycles. The first-order valence-electron chi connectivity index (χ1n) is 7.03. The summed E-state index contributed by atoms with van der Waals surface area (Å²) in [7, 11) is 0. The van der Waals surface area contributed by atoms with Gasteiger partial charge in [-0.15, -0.1) is 0 Å². The molecule has 0 atom stereocenters. The van der Waals surface area contributed by atoms with E-state index >= 15 is 0 Å². The largest absolute Gasteiger partial charge is 0.300 e. The fourth-order valence-corrected chi connectivity index (χ4v) is 2.11. The molecule has 0 rings (SSSR count). The van der Waals surface area contributed by atoms with Crippen molar-refractivity contribution in [2.75, 3.05) is 0 Å². The lowest BCUT2D eigenvalue weighted by molar-refractivity contribution is -0.121. The maximum atomic E-state index is 11.7. The van der Waals surface area contributed by atoms with Crippen molar-refractivity contribution in [2.24, 2.45) is 5.41 Å². The average molecular weight is 226 g/mol. The van der Waals surface area contributed by atoms with Gasteiger partial charge in [0.25, 0.3) is 0 Å². The summed E-state index contributed by atoms with van der Waals surface area (Å²) >= 11 is 0. The van der Waals surface area contributed by atoms with Gasteiger partial charge in [-0.1, -0.05) is 59.8 Å². The van der Waals surface area contributed by atoms with Crippen molar-refractivity contribution in [3.05, 3.63) is 0 Å². The van der Waals surface area contributed by atoms with E-state index in [2.05, 4.69) is 27.7 Å². The summed E-state index contributed by atoms with van der Waals surface area (Å²) in [6, 6.07) is 0. The highest BCUT2D eigenvalue weighted by molar-refractivity contribution is 5.78. The van der Waals surface area contributed by atoms with Crippen molar-refractivity contribution >= 4 is 5.78 Å². The van der Waals surface area contributed by atoms with Gasteiger partial charge in [-0.05, 0) is 18.3 Å². The minimum atomic E-state index is 0.221. The van der Waals surface area contributed by atoms with Crippen LogP contribution < -0.4 is 0 Å². The number of ketones is 1. The lowest BCUT2D eigenvalue weighted by Gasteiger charge is -2.23. The van der Waals surface area contributed by atoms with Crippen LogP contribution in [-0.4, -0.2) is 5.78 Å². The number of unbranched alkanes of at least 4 members (excludes halogenated alkanes) is 4. The Balaban J connectivity index is 3.71. The summed E-state index contributed by atoms with van der Waals surface area (Å²) in [5, 5.41) is 0. The molecule has 16 heavy (non-hydrogen) atoms. The SMILES string of the molecule is CCCCCCC(C)(C)CC(=O)CCCC. The number of carbonyl (C=O) groups is 1. The van der Waals surface area contributed by atoms with Gasteiger partial charge >= 0.3 is 0 Å². The Bertz CT molecular complexity index is 182. The quantitative estimate of drug-likeness (QED) is 0.472. The van der Waals surface area contributed by atoms with E-state index in [1.54, 1.807) is 0 Å². The van der Waals surface area contributed by atoms with Crippen LogP contribution in [0.5, 0.6) is 0 Å². The lowest BCUT2D eigenvalue weighted by Crippen LogP contribution is -2.17. The maximum Gasteiger partial charge on any atom is 0.133 e. The second kappa shape index (κ2) is 8.78. The van der Waals surface area contributed by atoms with Crippen molar-refractivity contribution < 1.29 is 4.79 Å². The first-order chi connectivity index (χ1) is 7.52. The number of hydrogen-bond acceptors (Lipinski definition) is 1. The topological polar surface area (TPSA) is 17.1 Å². The van der Waals surface area contributed by atoms with Crippen LogP contribution in [0.15, 0.2) is 0 Å². The molecule has 0 amide bonds. The maximum absolute atomic E-state index is 11.7. The van der Waals surface area contributed by atoms with E-state index in [0.29, 0.717) is 5.78 Å². The number of hydrogen-bond donors (Lipinski definition) is 0. The summed E-state index contributed by atoms with van der Waals surface area (Å²) in [5.41, 5.74) is 0.221. The van der Waals surface area contributed by atoms with Crippen LogP contribution in [0.3, 0.4) is 0 Å². The molecule has 0 saturated heterocycles. The molecule has 1 heteroatoms. The summed E-state index contributed by atoms with van der Waals surface area (Å²) in [4.78, 5) is 11.7. The lowest BCUT2D eigenvalue weighted by atomic mass is 9.81. The predicted molar refractivity (Wildman–Crippen MR) is 71.7 cm³/mol. The first-order valence-corrected chi connectivity index (χ1v) is 7.03. The van der Waals surface area contributed by atoms with Crippen LogP contribution in [0, 0.1) is 5.41 Å². The molecule has 0 radical (unpaired) electrons. The molecule has 0 aromatic rings. The van der Waals surface area contributed by atoms with E-state index in [-0.39, 0.29) is 5.41 Å². The summed E-state index contributed by atoms with van der Waals surface area (Å²) in [6.45, 7) is 8.86. The molecule has 0 N–H and O–H groups in total. The van der Waals surface area contributed by atoms with Crippen LogP contribution in [0.4, 0.5) is 0 Å². The molecule has 1 nitrogen and oxygen atoms in total. The Morgan fingerprint density at radius 2 is 1.56 bits per heavy atom. The van der Waals surface area contributed by atoms with Crippen LogP contribution in [0.2, 0.25) is 0 Å². The van der Waals surface area contributed by atoms with Crippen LogP contribution >= 0.6 is 0 Å². The molecule has 0 bridgehead atoms. The molecule has 0 fully saturated rings. The molecule has 0 heterocycles. The van der Waals surface area contributed by atoms with Gasteiger partial charge in [0, 0.05) is 12.8 Å². The second-order valence-corrected chi connectivity index (χ2v) is 5.79. The third-order valence-corrected chi connectivity index (χ3v) is 3.19. The zero-order valence-corrected chi connectivity index (χ0v) is 11.8. The van der Waals surface area contributed by atoms with E-state index in [1.165, 1.54) is 32.1 Å². The minimum Gasteiger partial charge on any atom is -0.300 e. The normalized spacial score (nSPS) is 11.8. The average Bonchev–Trinajstić information content (AvgIpc) is 2.21. The Labute approximate surface area is 102 Å². The minimum absolute atomic E-state index is 0.221. The van der Waals surface area contributed by atoms with Gasteiger partial charge in [0.2, 0.25) is 0 Å². The summed E-state index contributed by atoms with van der Waals surface area (Å²) in [5.74, 6) is 0.461.